The van der Waals surface area contributed by atoms with Crippen molar-refractivity contribution in [2.75, 3.05) is 5.73 Å². The van der Waals surface area contributed by atoms with Gasteiger partial charge in [-0.15, -0.1) is 0 Å². The number of halogens is 1. The molecule has 3 N–H and O–H groups in total. The van der Waals surface area contributed by atoms with E-state index in [2.05, 4.69) is 30.9 Å². The molecule has 0 unspecified atom stereocenters. The second-order valence-electron chi connectivity index (χ2n) is 8.35. The van der Waals surface area contributed by atoms with Gasteiger partial charge in [0, 0.05) is 54.3 Å². The van der Waals surface area contributed by atoms with E-state index in [9.17, 15) is 4.79 Å². The molecule has 5 rings (SSSR count). The van der Waals surface area contributed by atoms with Crippen LogP contribution in [0.1, 0.15) is 32.7 Å². The number of nitrogens with one attached hydrogen (secondary N) is 1. The number of anilines is 1. The molecule has 1 aromatic carbocycles. The molecule has 0 aliphatic carbocycles. The van der Waals surface area contributed by atoms with Gasteiger partial charge in [-0.2, -0.15) is 0 Å². The topological polar surface area (TPSA) is 98.7 Å². The normalized spacial score (nSPS) is 11.3. The summed E-state index contributed by atoms with van der Waals surface area (Å²) in [7, 11) is 0. The van der Waals surface area contributed by atoms with Crippen molar-refractivity contribution in [1.82, 2.24) is 24.8 Å². The first-order chi connectivity index (χ1) is 16.4. The van der Waals surface area contributed by atoms with E-state index in [0.29, 0.717) is 29.5 Å². The van der Waals surface area contributed by atoms with Crippen molar-refractivity contribution in [1.29, 1.82) is 0 Å². The summed E-state index contributed by atoms with van der Waals surface area (Å²) in [6.45, 7) is 4.83. The van der Waals surface area contributed by atoms with Crippen LogP contribution in [0, 0.1) is 13.8 Å². The number of pyridine rings is 3. The lowest BCUT2D eigenvalue weighted by molar-refractivity contribution is 0.0952. The minimum absolute atomic E-state index is 0.165. The van der Waals surface area contributed by atoms with E-state index in [1.165, 1.54) is 0 Å². The van der Waals surface area contributed by atoms with Crippen molar-refractivity contribution < 1.29 is 4.79 Å². The standard InChI is InChI=1S/C26H23ClN6O/c1-15-7-25(28)32-16(2)20(15)12-31-26(34)22-14-33(24-5-6-29-11-21(22)24)13-17-3-4-23-18(8-17)9-19(27)10-30-23/h3-11,14H,12-13H2,1-2H3,(H2,28,32)(H,31,34). The Morgan fingerprint density at radius 2 is 2.00 bits per heavy atom. The van der Waals surface area contributed by atoms with Crippen molar-refractivity contribution in [3.05, 3.63) is 94.2 Å². The smallest absolute Gasteiger partial charge is 0.253 e. The number of rotatable bonds is 5. The number of nitrogen functional groups attached to an aromatic ring is 1. The summed E-state index contributed by atoms with van der Waals surface area (Å²) in [5.74, 6) is 0.313. The zero-order chi connectivity index (χ0) is 23.8. The molecule has 0 aliphatic rings. The molecule has 0 fully saturated rings. The van der Waals surface area contributed by atoms with Crippen LogP contribution in [0.15, 0.2) is 61.2 Å². The Kier molecular flexibility index (Phi) is 5.63. The minimum Gasteiger partial charge on any atom is -0.384 e. The number of aromatic nitrogens is 4. The number of nitrogens with two attached hydrogens (primary N) is 1. The van der Waals surface area contributed by atoms with Gasteiger partial charge < -0.3 is 15.6 Å². The van der Waals surface area contributed by atoms with Gasteiger partial charge in [0.2, 0.25) is 0 Å². The summed E-state index contributed by atoms with van der Waals surface area (Å²) in [5.41, 5.74) is 12.1. The number of nitrogens with zero attached hydrogens (tertiary/aromatic N) is 4. The maximum Gasteiger partial charge on any atom is 0.253 e. The van der Waals surface area contributed by atoms with Gasteiger partial charge >= 0.3 is 0 Å². The Hall–Kier alpha value is -3.97. The molecule has 4 heterocycles. The molecule has 0 radical (unpaired) electrons. The third-order valence-electron chi connectivity index (χ3n) is 5.99. The SMILES string of the molecule is Cc1cc(N)nc(C)c1CNC(=O)c1cn(Cc2ccc3ncc(Cl)cc3c2)c2ccncc12. The third kappa shape index (κ3) is 4.18. The number of benzene rings is 1. The second-order valence-corrected chi connectivity index (χ2v) is 8.79. The summed E-state index contributed by atoms with van der Waals surface area (Å²) in [5, 5.41) is 5.41. The van der Waals surface area contributed by atoms with Crippen LogP contribution in [0.5, 0.6) is 0 Å². The number of fused-ring (bicyclic) bond motifs is 2. The van der Waals surface area contributed by atoms with Gasteiger partial charge in [0.15, 0.2) is 0 Å². The van der Waals surface area contributed by atoms with Crippen molar-refractivity contribution in [2.45, 2.75) is 26.9 Å². The molecule has 4 aromatic heterocycles. The molecular weight excluding hydrogens is 448 g/mol. The average molecular weight is 471 g/mol. The summed E-state index contributed by atoms with van der Waals surface area (Å²) in [4.78, 5) is 26.1. The number of carbonyl (C=O) groups excluding carboxylic acids is 1. The van der Waals surface area contributed by atoms with Gasteiger partial charge in [0.25, 0.3) is 5.91 Å². The number of carbonyl (C=O) groups is 1. The molecule has 34 heavy (non-hydrogen) atoms. The molecule has 170 valence electrons. The van der Waals surface area contributed by atoms with Gasteiger partial charge in [0.1, 0.15) is 5.82 Å². The molecule has 0 saturated heterocycles. The Morgan fingerprint density at radius 1 is 1.15 bits per heavy atom. The monoisotopic (exact) mass is 470 g/mol. The predicted octanol–water partition coefficient (Wildman–Crippen LogP) is 4.81. The van der Waals surface area contributed by atoms with E-state index in [4.69, 9.17) is 17.3 Å². The third-order valence-corrected chi connectivity index (χ3v) is 6.20. The lowest BCUT2D eigenvalue weighted by atomic mass is 10.1. The van der Waals surface area contributed by atoms with E-state index in [0.717, 1.165) is 44.2 Å². The average Bonchev–Trinajstić information content (AvgIpc) is 3.16. The molecule has 8 heteroatoms. The molecular formula is C26H23ClN6O. The van der Waals surface area contributed by atoms with Gasteiger partial charge in [0.05, 0.1) is 21.6 Å². The molecule has 0 saturated carbocycles. The minimum atomic E-state index is -0.165. The van der Waals surface area contributed by atoms with Crippen LogP contribution in [-0.2, 0) is 13.1 Å². The summed E-state index contributed by atoms with van der Waals surface area (Å²) in [6, 6.07) is 11.7. The fraction of sp³-hybridized carbons (Fsp3) is 0.154. The van der Waals surface area contributed by atoms with E-state index in [-0.39, 0.29) is 5.91 Å². The maximum absolute atomic E-state index is 13.2. The van der Waals surface area contributed by atoms with E-state index in [1.807, 2.05) is 50.4 Å². The van der Waals surface area contributed by atoms with Gasteiger partial charge in [-0.25, -0.2) is 4.98 Å². The quantitative estimate of drug-likeness (QED) is 0.384. The van der Waals surface area contributed by atoms with Crippen molar-refractivity contribution >= 4 is 45.1 Å². The highest BCUT2D eigenvalue weighted by Gasteiger charge is 2.16. The fourth-order valence-corrected chi connectivity index (χ4v) is 4.49. The lowest BCUT2D eigenvalue weighted by Crippen LogP contribution is -2.24. The Labute approximate surface area is 201 Å². The maximum atomic E-state index is 13.2. The van der Waals surface area contributed by atoms with Crippen LogP contribution in [-0.4, -0.2) is 25.4 Å². The van der Waals surface area contributed by atoms with Gasteiger partial charge in [-0.3, -0.25) is 14.8 Å². The Morgan fingerprint density at radius 3 is 2.82 bits per heavy atom. The van der Waals surface area contributed by atoms with Crippen molar-refractivity contribution in [2.24, 2.45) is 0 Å². The zero-order valence-electron chi connectivity index (χ0n) is 18.8. The predicted molar refractivity (Wildman–Crippen MR) is 135 cm³/mol. The Balaban J connectivity index is 1.44. The van der Waals surface area contributed by atoms with Crippen LogP contribution in [0.4, 0.5) is 5.82 Å². The van der Waals surface area contributed by atoms with Crippen molar-refractivity contribution in [3.8, 4) is 0 Å². The summed E-state index contributed by atoms with van der Waals surface area (Å²) >= 11 is 6.12. The van der Waals surface area contributed by atoms with Crippen LogP contribution in [0.2, 0.25) is 5.02 Å². The summed E-state index contributed by atoms with van der Waals surface area (Å²) < 4.78 is 2.06. The highest BCUT2D eigenvalue weighted by atomic mass is 35.5. The van der Waals surface area contributed by atoms with E-state index < -0.39 is 0 Å². The van der Waals surface area contributed by atoms with Crippen molar-refractivity contribution in [3.63, 3.8) is 0 Å². The van der Waals surface area contributed by atoms with Crippen LogP contribution < -0.4 is 11.1 Å². The van der Waals surface area contributed by atoms with Crippen LogP contribution in [0.3, 0.4) is 0 Å². The number of hydrogen-bond donors (Lipinski definition) is 2. The molecule has 0 aliphatic heterocycles. The highest BCUT2D eigenvalue weighted by Crippen LogP contribution is 2.24. The zero-order valence-corrected chi connectivity index (χ0v) is 19.6. The van der Waals surface area contributed by atoms with E-state index >= 15 is 0 Å². The number of aryl methyl sites for hydroxylation is 2. The molecule has 5 aromatic rings. The molecule has 1 amide bonds. The van der Waals surface area contributed by atoms with Crippen LogP contribution >= 0.6 is 11.6 Å². The molecule has 0 spiro atoms. The second kappa shape index (κ2) is 8.76. The van der Waals surface area contributed by atoms with Gasteiger partial charge in [-0.05, 0) is 60.9 Å². The fourth-order valence-electron chi connectivity index (χ4n) is 4.32. The Bertz CT molecular complexity index is 1540. The first-order valence-corrected chi connectivity index (χ1v) is 11.2. The molecule has 0 atom stereocenters. The number of hydrogen-bond acceptors (Lipinski definition) is 5. The molecule has 7 nitrogen and oxygen atoms in total. The van der Waals surface area contributed by atoms with E-state index in [1.54, 1.807) is 18.6 Å². The van der Waals surface area contributed by atoms with Gasteiger partial charge in [-0.1, -0.05) is 17.7 Å². The first kappa shape index (κ1) is 21.9. The number of amides is 1. The van der Waals surface area contributed by atoms with Crippen LogP contribution in [0.25, 0.3) is 21.8 Å². The highest BCUT2D eigenvalue weighted by molar-refractivity contribution is 6.31. The summed E-state index contributed by atoms with van der Waals surface area (Å²) in [6.07, 6.45) is 6.98. The largest absolute Gasteiger partial charge is 0.384 e. The first-order valence-electron chi connectivity index (χ1n) is 10.9. The molecule has 0 bridgehead atoms. The lowest BCUT2D eigenvalue weighted by Gasteiger charge is -2.11.